The third-order valence-electron chi connectivity index (χ3n) is 3.56. The summed E-state index contributed by atoms with van der Waals surface area (Å²) in [7, 11) is 0. The number of thiophene rings is 1. The first-order chi connectivity index (χ1) is 14.2. The van der Waals surface area contributed by atoms with Gasteiger partial charge in [0.2, 0.25) is 5.91 Å². The molecule has 0 saturated carbocycles. The van der Waals surface area contributed by atoms with E-state index >= 15 is 0 Å². The number of amides is 1. The zero-order valence-electron chi connectivity index (χ0n) is 14.7. The lowest BCUT2D eigenvalue weighted by molar-refractivity contribution is -0.113. The maximum absolute atomic E-state index is 12.2. The molecule has 0 saturated heterocycles. The van der Waals surface area contributed by atoms with Crippen molar-refractivity contribution in [3.8, 4) is 10.6 Å². The monoisotopic (exact) mass is 480 g/mol. The first-order valence-corrected chi connectivity index (χ1v) is 12.4. The minimum absolute atomic E-state index is 0.0995. The highest BCUT2D eigenvalue weighted by atomic mass is 35.5. The molecule has 0 bridgehead atoms. The number of benzene rings is 1. The minimum atomic E-state index is -0.0995. The Morgan fingerprint density at radius 1 is 1.24 bits per heavy atom. The van der Waals surface area contributed by atoms with E-state index in [0.717, 1.165) is 25.6 Å². The van der Waals surface area contributed by atoms with E-state index in [9.17, 15) is 4.79 Å². The molecule has 0 atom stereocenters. The number of thioether (sulfide) groups is 1. The molecule has 3 heterocycles. The van der Waals surface area contributed by atoms with E-state index in [1.165, 1.54) is 34.9 Å². The molecule has 0 aliphatic carbocycles. The van der Waals surface area contributed by atoms with Crippen molar-refractivity contribution in [2.75, 3.05) is 11.1 Å². The van der Waals surface area contributed by atoms with Crippen LogP contribution in [0.4, 0.5) is 5.69 Å². The van der Waals surface area contributed by atoms with Crippen molar-refractivity contribution in [1.82, 2.24) is 15.4 Å². The molecular formula is C18H13ClN4O2S4. The zero-order valence-corrected chi connectivity index (χ0v) is 18.7. The van der Waals surface area contributed by atoms with Crippen LogP contribution in [0.3, 0.4) is 0 Å². The number of rotatable bonds is 8. The van der Waals surface area contributed by atoms with Gasteiger partial charge in [0, 0.05) is 22.4 Å². The largest absolute Gasteiger partial charge is 0.355 e. The van der Waals surface area contributed by atoms with Crippen molar-refractivity contribution in [2.45, 2.75) is 15.0 Å². The lowest BCUT2D eigenvalue weighted by atomic mass is 10.3. The lowest BCUT2D eigenvalue weighted by Gasteiger charge is -2.07. The number of carbonyl (C=O) groups is 1. The van der Waals surface area contributed by atoms with Crippen molar-refractivity contribution >= 4 is 69.4 Å². The number of nitrogens with zero attached hydrogens (tertiary/aromatic N) is 3. The molecule has 11 heteroatoms. The first-order valence-electron chi connectivity index (χ1n) is 8.28. The first kappa shape index (κ1) is 20.4. The SMILES string of the molecule is O=C(CSCc1cc(-c2cccs2)on1)Nc1ccc(Sc2nncs2)c(Cl)c1. The second-order valence-corrected chi connectivity index (χ2v) is 10.1. The Bertz CT molecular complexity index is 1080. The van der Waals surface area contributed by atoms with Gasteiger partial charge in [0.1, 0.15) is 5.51 Å². The predicted molar refractivity (Wildman–Crippen MR) is 120 cm³/mol. The van der Waals surface area contributed by atoms with Crippen LogP contribution in [0.2, 0.25) is 5.02 Å². The quantitative estimate of drug-likeness (QED) is 0.334. The zero-order chi connectivity index (χ0) is 20.1. The Labute approximate surface area is 188 Å². The van der Waals surface area contributed by atoms with E-state index < -0.39 is 0 Å². The Kier molecular flexibility index (Phi) is 6.88. The molecule has 1 N–H and O–H groups in total. The third kappa shape index (κ3) is 5.61. The van der Waals surface area contributed by atoms with Gasteiger partial charge in [-0.2, -0.15) is 0 Å². The van der Waals surface area contributed by atoms with Gasteiger partial charge in [0.05, 0.1) is 21.3 Å². The molecule has 4 aromatic rings. The normalized spacial score (nSPS) is 10.9. The molecule has 3 aromatic heterocycles. The molecule has 6 nitrogen and oxygen atoms in total. The molecule has 1 aromatic carbocycles. The molecular weight excluding hydrogens is 468 g/mol. The summed E-state index contributed by atoms with van der Waals surface area (Å²) in [6.45, 7) is 0. The summed E-state index contributed by atoms with van der Waals surface area (Å²) in [4.78, 5) is 14.1. The number of anilines is 1. The third-order valence-corrected chi connectivity index (χ3v) is 7.69. The fourth-order valence-electron chi connectivity index (χ4n) is 2.32. The van der Waals surface area contributed by atoms with Crippen LogP contribution in [0, 0.1) is 0 Å². The van der Waals surface area contributed by atoms with Gasteiger partial charge in [-0.3, -0.25) is 4.79 Å². The summed E-state index contributed by atoms with van der Waals surface area (Å²) in [5.74, 6) is 1.55. The van der Waals surface area contributed by atoms with Crippen LogP contribution in [0.5, 0.6) is 0 Å². The maximum Gasteiger partial charge on any atom is 0.234 e. The van der Waals surface area contributed by atoms with E-state index in [2.05, 4.69) is 20.7 Å². The van der Waals surface area contributed by atoms with Crippen LogP contribution in [0.1, 0.15) is 5.69 Å². The number of aromatic nitrogens is 3. The predicted octanol–water partition coefficient (Wildman–Crippen LogP) is 5.93. The molecule has 0 spiro atoms. The van der Waals surface area contributed by atoms with Crippen LogP contribution in [-0.2, 0) is 10.5 Å². The molecule has 1 amide bonds. The van der Waals surface area contributed by atoms with Crippen LogP contribution < -0.4 is 5.32 Å². The molecule has 4 rings (SSSR count). The van der Waals surface area contributed by atoms with Gasteiger partial charge in [-0.25, -0.2) is 0 Å². The van der Waals surface area contributed by atoms with Crippen molar-refractivity contribution in [3.05, 3.63) is 58.0 Å². The van der Waals surface area contributed by atoms with Gasteiger partial charge < -0.3 is 9.84 Å². The second-order valence-electron chi connectivity index (χ2n) is 5.65. The number of halogens is 1. The average molecular weight is 481 g/mol. The number of carbonyl (C=O) groups excluding carboxylic acids is 1. The van der Waals surface area contributed by atoms with E-state index in [1.807, 2.05) is 35.7 Å². The number of nitrogens with one attached hydrogen (secondary N) is 1. The highest BCUT2D eigenvalue weighted by Gasteiger charge is 2.11. The molecule has 0 aliphatic rings. The smallest absolute Gasteiger partial charge is 0.234 e. The molecule has 0 aliphatic heterocycles. The molecule has 0 unspecified atom stereocenters. The van der Waals surface area contributed by atoms with Gasteiger partial charge in [-0.15, -0.1) is 33.3 Å². The summed E-state index contributed by atoms with van der Waals surface area (Å²) in [5.41, 5.74) is 3.14. The van der Waals surface area contributed by atoms with E-state index in [-0.39, 0.29) is 5.91 Å². The highest BCUT2D eigenvalue weighted by Crippen LogP contribution is 2.35. The van der Waals surface area contributed by atoms with Crippen LogP contribution in [0.15, 0.2) is 61.0 Å². The summed E-state index contributed by atoms with van der Waals surface area (Å²) in [6.07, 6.45) is 0. The minimum Gasteiger partial charge on any atom is -0.355 e. The fraction of sp³-hybridized carbons (Fsp3) is 0.111. The van der Waals surface area contributed by atoms with Gasteiger partial charge in [-0.1, -0.05) is 45.9 Å². The van der Waals surface area contributed by atoms with Crippen LogP contribution in [0.25, 0.3) is 10.6 Å². The summed E-state index contributed by atoms with van der Waals surface area (Å²) < 4.78 is 6.16. The molecule has 29 heavy (non-hydrogen) atoms. The van der Waals surface area contributed by atoms with Crippen LogP contribution in [-0.4, -0.2) is 27.0 Å². The van der Waals surface area contributed by atoms with Crippen molar-refractivity contribution in [1.29, 1.82) is 0 Å². The topological polar surface area (TPSA) is 80.9 Å². The summed E-state index contributed by atoms with van der Waals surface area (Å²) in [5, 5.41) is 17.3. The molecule has 148 valence electrons. The van der Waals surface area contributed by atoms with Gasteiger partial charge in [0.15, 0.2) is 10.1 Å². The summed E-state index contributed by atoms with van der Waals surface area (Å²) >= 11 is 12.3. The second kappa shape index (κ2) is 9.77. The van der Waals surface area contributed by atoms with Crippen LogP contribution >= 0.6 is 57.8 Å². The fourth-order valence-corrected chi connectivity index (χ4v) is 5.44. The maximum atomic E-state index is 12.2. The van der Waals surface area contributed by atoms with E-state index in [1.54, 1.807) is 22.9 Å². The Hall–Kier alpha value is -1.85. The lowest BCUT2D eigenvalue weighted by Crippen LogP contribution is -2.14. The van der Waals surface area contributed by atoms with E-state index in [0.29, 0.717) is 22.2 Å². The van der Waals surface area contributed by atoms with Crippen molar-refractivity contribution in [2.24, 2.45) is 0 Å². The summed E-state index contributed by atoms with van der Waals surface area (Å²) in [6, 6.07) is 11.3. The highest BCUT2D eigenvalue weighted by molar-refractivity contribution is 8.01. The van der Waals surface area contributed by atoms with Gasteiger partial charge in [-0.05, 0) is 29.6 Å². The molecule has 0 radical (unpaired) electrons. The Morgan fingerprint density at radius 3 is 2.93 bits per heavy atom. The van der Waals surface area contributed by atoms with E-state index in [4.69, 9.17) is 16.1 Å². The number of hydrogen-bond acceptors (Lipinski definition) is 9. The van der Waals surface area contributed by atoms with Gasteiger partial charge >= 0.3 is 0 Å². The van der Waals surface area contributed by atoms with Crippen molar-refractivity contribution < 1.29 is 9.32 Å². The number of hydrogen-bond donors (Lipinski definition) is 1. The Morgan fingerprint density at radius 2 is 2.17 bits per heavy atom. The Balaban J connectivity index is 1.26. The average Bonchev–Trinajstić information content (AvgIpc) is 3.46. The molecule has 0 fully saturated rings. The standard InChI is InChI=1S/C18H13ClN4O2S4/c19-13-6-11(3-4-15(13)29-18-22-20-10-28-18)21-17(24)9-26-8-12-7-14(25-23-12)16-2-1-5-27-16/h1-7,10H,8-9H2,(H,21,24). The van der Waals surface area contributed by atoms with Gasteiger partial charge in [0.25, 0.3) is 0 Å². The van der Waals surface area contributed by atoms with Crippen molar-refractivity contribution in [3.63, 3.8) is 0 Å².